The van der Waals surface area contributed by atoms with Gasteiger partial charge in [-0.2, -0.15) is 0 Å². The van der Waals surface area contributed by atoms with Crippen LogP contribution in [0, 0.1) is 11.8 Å². The molecule has 5 nitrogen and oxygen atoms in total. The zero-order valence-corrected chi connectivity index (χ0v) is 12.2. The van der Waals surface area contributed by atoms with Crippen molar-refractivity contribution in [2.24, 2.45) is 5.73 Å². The molecule has 0 radical (unpaired) electrons. The fourth-order valence-electron chi connectivity index (χ4n) is 2.45. The molecule has 112 valence electrons. The number of ether oxygens (including phenoxy) is 1. The van der Waals surface area contributed by atoms with Crippen LogP contribution in [0.3, 0.4) is 0 Å². The Morgan fingerprint density at radius 3 is 2.86 bits per heavy atom. The average molecular weight is 287 g/mol. The second kappa shape index (κ2) is 7.55. The van der Waals surface area contributed by atoms with Gasteiger partial charge >= 0.3 is 6.03 Å². The molecule has 4 N–H and O–H groups in total. The van der Waals surface area contributed by atoms with Gasteiger partial charge in [-0.05, 0) is 31.0 Å². The molecule has 5 heteroatoms. The standard InChI is InChI=1S/C16H21N3O2/c1-21-15-9-8-12(5-4-10-17)11-14(15)19-16(20)18-13-6-2-3-7-13/h8-9,11,13H,2-3,6-7,10,17H2,1H3,(H2,18,19,20). The molecule has 1 saturated carbocycles. The summed E-state index contributed by atoms with van der Waals surface area (Å²) in [4.78, 5) is 12.0. The van der Waals surface area contributed by atoms with Gasteiger partial charge in [0.1, 0.15) is 5.75 Å². The SMILES string of the molecule is COc1ccc(C#CCN)cc1NC(=O)NC1CCCC1. The lowest BCUT2D eigenvalue weighted by Gasteiger charge is -2.15. The summed E-state index contributed by atoms with van der Waals surface area (Å²) in [5, 5.41) is 5.81. The summed E-state index contributed by atoms with van der Waals surface area (Å²) in [5.74, 6) is 6.34. The summed E-state index contributed by atoms with van der Waals surface area (Å²) in [6.45, 7) is 0.303. The van der Waals surface area contributed by atoms with Gasteiger partial charge in [-0.25, -0.2) is 4.79 Å². The minimum Gasteiger partial charge on any atom is -0.495 e. The molecule has 0 saturated heterocycles. The normalized spacial score (nSPS) is 14.2. The van der Waals surface area contributed by atoms with E-state index in [0.29, 0.717) is 18.0 Å². The van der Waals surface area contributed by atoms with Crippen molar-refractivity contribution in [3.63, 3.8) is 0 Å². The number of carbonyl (C=O) groups is 1. The van der Waals surface area contributed by atoms with Crippen LogP contribution in [0.4, 0.5) is 10.5 Å². The van der Waals surface area contributed by atoms with Crippen LogP contribution < -0.4 is 21.1 Å². The lowest BCUT2D eigenvalue weighted by molar-refractivity contribution is 0.248. The predicted molar refractivity (Wildman–Crippen MR) is 83.3 cm³/mol. The zero-order chi connectivity index (χ0) is 15.1. The first kappa shape index (κ1) is 15.2. The smallest absolute Gasteiger partial charge is 0.319 e. The minimum absolute atomic E-state index is 0.205. The van der Waals surface area contributed by atoms with Gasteiger partial charge in [0.2, 0.25) is 0 Å². The molecule has 2 rings (SSSR count). The summed E-state index contributed by atoms with van der Waals surface area (Å²) in [6, 6.07) is 5.48. The first-order valence-electron chi connectivity index (χ1n) is 7.17. The van der Waals surface area contributed by atoms with E-state index in [1.807, 2.05) is 6.07 Å². The topological polar surface area (TPSA) is 76.4 Å². The maximum absolute atomic E-state index is 12.0. The van der Waals surface area contributed by atoms with E-state index in [9.17, 15) is 4.79 Å². The van der Waals surface area contributed by atoms with Gasteiger partial charge in [0, 0.05) is 11.6 Å². The number of hydrogen-bond donors (Lipinski definition) is 3. The molecule has 1 aromatic rings. The molecule has 0 aliphatic heterocycles. The Balaban J connectivity index is 2.07. The van der Waals surface area contributed by atoms with Crippen molar-refractivity contribution in [1.29, 1.82) is 0 Å². The molecule has 1 aliphatic carbocycles. The lowest BCUT2D eigenvalue weighted by atomic mass is 10.2. The van der Waals surface area contributed by atoms with E-state index in [1.54, 1.807) is 19.2 Å². The Kier molecular flexibility index (Phi) is 5.47. The zero-order valence-electron chi connectivity index (χ0n) is 12.2. The molecule has 21 heavy (non-hydrogen) atoms. The summed E-state index contributed by atoms with van der Waals surface area (Å²) in [5.41, 5.74) is 6.76. The van der Waals surface area contributed by atoms with Gasteiger partial charge < -0.3 is 21.1 Å². The van der Waals surface area contributed by atoms with E-state index >= 15 is 0 Å². The molecule has 1 aromatic carbocycles. The second-order valence-corrected chi connectivity index (χ2v) is 5.00. The number of nitrogens with two attached hydrogens (primary N) is 1. The highest BCUT2D eigenvalue weighted by molar-refractivity contribution is 5.91. The second-order valence-electron chi connectivity index (χ2n) is 5.00. The molecule has 1 aliphatic rings. The average Bonchev–Trinajstić information content (AvgIpc) is 2.98. The number of rotatable bonds is 3. The molecule has 0 spiro atoms. The van der Waals surface area contributed by atoms with E-state index in [-0.39, 0.29) is 12.1 Å². The number of anilines is 1. The van der Waals surface area contributed by atoms with Gasteiger partial charge in [0.05, 0.1) is 19.3 Å². The van der Waals surface area contributed by atoms with Crippen LogP contribution in [0.25, 0.3) is 0 Å². The van der Waals surface area contributed by atoms with Gasteiger partial charge in [-0.1, -0.05) is 24.7 Å². The fourth-order valence-corrected chi connectivity index (χ4v) is 2.45. The van der Waals surface area contributed by atoms with Gasteiger partial charge in [-0.15, -0.1) is 0 Å². The van der Waals surface area contributed by atoms with Crippen LogP contribution in [0.1, 0.15) is 31.2 Å². The third kappa shape index (κ3) is 4.40. The van der Waals surface area contributed by atoms with Crippen LogP contribution in [0.15, 0.2) is 18.2 Å². The van der Waals surface area contributed by atoms with E-state index < -0.39 is 0 Å². The van der Waals surface area contributed by atoms with Crippen molar-refractivity contribution < 1.29 is 9.53 Å². The molecule has 0 aromatic heterocycles. The molecule has 0 atom stereocenters. The maximum Gasteiger partial charge on any atom is 0.319 e. The highest BCUT2D eigenvalue weighted by Crippen LogP contribution is 2.25. The number of methoxy groups -OCH3 is 1. The van der Waals surface area contributed by atoms with E-state index in [0.717, 1.165) is 18.4 Å². The first-order chi connectivity index (χ1) is 10.2. The Morgan fingerprint density at radius 1 is 1.43 bits per heavy atom. The summed E-state index contributed by atoms with van der Waals surface area (Å²) in [6.07, 6.45) is 4.45. The van der Waals surface area contributed by atoms with Crippen molar-refractivity contribution in [3.8, 4) is 17.6 Å². The monoisotopic (exact) mass is 287 g/mol. The van der Waals surface area contributed by atoms with Crippen molar-refractivity contribution in [2.45, 2.75) is 31.7 Å². The quantitative estimate of drug-likeness (QED) is 0.745. The number of hydrogen-bond acceptors (Lipinski definition) is 3. The molecule has 0 unspecified atom stereocenters. The minimum atomic E-state index is -0.205. The Hall–Kier alpha value is -2.19. The Morgan fingerprint density at radius 2 is 2.19 bits per heavy atom. The van der Waals surface area contributed by atoms with Gasteiger partial charge in [0.15, 0.2) is 0 Å². The lowest BCUT2D eigenvalue weighted by Crippen LogP contribution is -2.36. The van der Waals surface area contributed by atoms with Crippen LogP contribution in [-0.4, -0.2) is 25.7 Å². The molecular weight excluding hydrogens is 266 g/mol. The third-order valence-corrected chi connectivity index (χ3v) is 3.47. The van der Waals surface area contributed by atoms with E-state index in [1.165, 1.54) is 12.8 Å². The highest BCUT2D eigenvalue weighted by atomic mass is 16.5. The number of benzene rings is 1. The number of nitrogens with one attached hydrogen (secondary N) is 2. The number of amides is 2. The molecule has 2 amide bonds. The van der Waals surface area contributed by atoms with Crippen LogP contribution >= 0.6 is 0 Å². The van der Waals surface area contributed by atoms with Crippen molar-refractivity contribution in [1.82, 2.24) is 5.32 Å². The summed E-state index contributed by atoms with van der Waals surface area (Å²) in [7, 11) is 1.57. The van der Waals surface area contributed by atoms with E-state index in [4.69, 9.17) is 10.5 Å². The Bertz CT molecular complexity index is 554. The predicted octanol–water partition coefficient (Wildman–Crippen LogP) is 2.07. The largest absolute Gasteiger partial charge is 0.495 e. The molecule has 0 bridgehead atoms. The van der Waals surface area contributed by atoms with Crippen molar-refractivity contribution >= 4 is 11.7 Å². The van der Waals surface area contributed by atoms with Gasteiger partial charge in [-0.3, -0.25) is 0 Å². The first-order valence-corrected chi connectivity index (χ1v) is 7.17. The van der Waals surface area contributed by atoms with Crippen molar-refractivity contribution in [2.75, 3.05) is 19.0 Å². The number of carbonyl (C=O) groups excluding carboxylic acids is 1. The fraction of sp³-hybridized carbons (Fsp3) is 0.438. The van der Waals surface area contributed by atoms with Gasteiger partial charge in [0.25, 0.3) is 0 Å². The molecular formula is C16H21N3O2. The highest BCUT2D eigenvalue weighted by Gasteiger charge is 2.17. The summed E-state index contributed by atoms with van der Waals surface area (Å²) >= 11 is 0. The van der Waals surface area contributed by atoms with Crippen LogP contribution in [0.5, 0.6) is 5.75 Å². The third-order valence-electron chi connectivity index (χ3n) is 3.47. The molecule has 0 heterocycles. The molecule has 1 fully saturated rings. The summed E-state index contributed by atoms with van der Waals surface area (Å²) < 4.78 is 5.26. The Labute approximate surface area is 125 Å². The van der Waals surface area contributed by atoms with Crippen LogP contribution in [0.2, 0.25) is 0 Å². The van der Waals surface area contributed by atoms with E-state index in [2.05, 4.69) is 22.5 Å². The van der Waals surface area contributed by atoms with Crippen molar-refractivity contribution in [3.05, 3.63) is 23.8 Å². The maximum atomic E-state index is 12.0. The van der Waals surface area contributed by atoms with Crippen LogP contribution in [-0.2, 0) is 0 Å². The number of urea groups is 1.